The molecule has 0 saturated carbocycles. The van der Waals surface area contributed by atoms with E-state index in [2.05, 4.69) is 44.8 Å². The van der Waals surface area contributed by atoms with Crippen LogP contribution in [0, 0.1) is 0 Å². The predicted molar refractivity (Wildman–Crippen MR) is 60.2 cm³/mol. The highest BCUT2D eigenvalue weighted by molar-refractivity contribution is 5.41. The maximum atomic E-state index is 4.21. The van der Waals surface area contributed by atoms with Gasteiger partial charge in [0.05, 0.1) is 0 Å². The number of hydrogen-bond acceptors (Lipinski definition) is 6. The Morgan fingerprint density at radius 1 is 1.44 bits per heavy atom. The van der Waals surface area contributed by atoms with E-state index in [4.69, 9.17) is 0 Å². The zero-order valence-electron chi connectivity index (χ0n) is 9.46. The minimum absolute atomic E-state index is 0.649. The summed E-state index contributed by atoms with van der Waals surface area (Å²) in [6.07, 6.45) is 0. The fourth-order valence-corrected chi connectivity index (χ4v) is 1.28. The van der Waals surface area contributed by atoms with Crippen molar-refractivity contribution in [1.82, 2.24) is 30.2 Å². The molecule has 0 bridgehead atoms. The van der Waals surface area contributed by atoms with Crippen LogP contribution in [0.1, 0.15) is 6.92 Å². The van der Waals surface area contributed by atoms with Gasteiger partial charge in [-0.05, 0) is 36.2 Å². The third kappa shape index (κ3) is 2.43. The largest absolute Gasteiger partial charge is 0.367 e. The van der Waals surface area contributed by atoms with Gasteiger partial charge < -0.3 is 10.2 Å². The van der Waals surface area contributed by atoms with E-state index >= 15 is 0 Å². The van der Waals surface area contributed by atoms with E-state index in [1.807, 2.05) is 12.1 Å². The minimum Gasteiger partial charge on any atom is -0.367 e. The number of nitrogens with one attached hydrogen (secondary N) is 1. The molecule has 0 atom stereocenters. The van der Waals surface area contributed by atoms with Crippen LogP contribution in [0.25, 0.3) is 5.65 Å². The first-order valence-corrected chi connectivity index (χ1v) is 5.27. The average molecular weight is 221 g/mol. The zero-order valence-corrected chi connectivity index (χ0v) is 9.46. The molecule has 2 heterocycles. The smallest absolute Gasteiger partial charge is 0.200 e. The van der Waals surface area contributed by atoms with Crippen molar-refractivity contribution >= 4 is 11.5 Å². The van der Waals surface area contributed by atoms with Gasteiger partial charge in [0.2, 0.25) is 0 Å². The van der Waals surface area contributed by atoms with E-state index in [0.717, 1.165) is 25.5 Å². The summed E-state index contributed by atoms with van der Waals surface area (Å²) in [6, 6.07) is 3.70. The number of nitrogens with zero attached hydrogens (tertiary/aromatic N) is 6. The van der Waals surface area contributed by atoms with Gasteiger partial charge >= 0.3 is 0 Å². The molecule has 0 saturated heterocycles. The van der Waals surface area contributed by atoms with Crippen molar-refractivity contribution in [2.24, 2.45) is 0 Å². The Morgan fingerprint density at radius 2 is 2.31 bits per heavy atom. The van der Waals surface area contributed by atoms with Gasteiger partial charge in [0.1, 0.15) is 5.82 Å². The van der Waals surface area contributed by atoms with Gasteiger partial charge in [-0.15, -0.1) is 14.8 Å². The Morgan fingerprint density at radius 3 is 3.12 bits per heavy atom. The molecule has 86 valence electrons. The highest BCUT2D eigenvalue weighted by Gasteiger charge is 2.00. The second-order valence-corrected chi connectivity index (χ2v) is 3.57. The molecule has 0 spiro atoms. The molecule has 0 fully saturated rings. The summed E-state index contributed by atoms with van der Waals surface area (Å²) >= 11 is 0. The first-order valence-electron chi connectivity index (χ1n) is 5.27. The summed E-state index contributed by atoms with van der Waals surface area (Å²) in [5.41, 5.74) is 0.649. The molecule has 0 radical (unpaired) electrons. The Hall–Kier alpha value is -1.76. The van der Waals surface area contributed by atoms with Crippen molar-refractivity contribution in [2.45, 2.75) is 6.92 Å². The number of rotatable bonds is 5. The normalized spacial score (nSPS) is 11.2. The van der Waals surface area contributed by atoms with Gasteiger partial charge in [0.15, 0.2) is 5.65 Å². The van der Waals surface area contributed by atoms with E-state index in [1.54, 1.807) is 0 Å². The lowest BCUT2D eigenvalue weighted by molar-refractivity contribution is 0.367. The molecule has 0 aliphatic rings. The third-order valence-corrected chi connectivity index (χ3v) is 2.41. The van der Waals surface area contributed by atoms with E-state index in [9.17, 15) is 0 Å². The first kappa shape index (κ1) is 10.7. The zero-order chi connectivity index (χ0) is 11.4. The third-order valence-electron chi connectivity index (χ3n) is 2.41. The number of aromatic nitrogens is 5. The van der Waals surface area contributed by atoms with E-state index in [-0.39, 0.29) is 0 Å². The molecule has 2 aromatic rings. The van der Waals surface area contributed by atoms with Crippen molar-refractivity contribution in [2.75, 3.05) is 32.0 Å². The maximum Gasteiger partial charge on any atom is 0.200 e. The van der Waals surface area contributed by atoms with Gasteiger partial charge in [0.25, 0.3) is 0 Å². The number of hydrogen-bond donors (Lipinski definition) is 1. The molecule has 0 aliphatic heterocycles. The van der Waals surface area contributed by atoms with E-state index in [1.165, 1.54) is 4.63 Å². The van der Waals surface area contributed by atoms with E-state index < -0.39 is 0 Å². The highest BCUT2D eigenvalue weighted by Crippen LogP contribution is 2.02. The van der Waals surface area contributed by atoms with E-state index in [0.29, 0.717) is 5.65 Å². The molecule has 0 aliphatic carbocycles. The van der Waals surface area contributed by atoms with Crippen LogP contribution in [0.4, 0.5) is 5.82 Å². The van der Waals surface area contributed by atoms with Gasteiger partial charge in [-0.2, -0.15) is 0 Å². The van der Waals surface area contributed by atoms with Crippen molar-refractivity contribution in [3.8, 4) is 0 Å². The lowest BCUT2D eigenvalue weighted by Gasteiger charge is -2.13. The Labute approximate surface area is 93.4 Å². The summed E-state index contributed by atoms with van der Waals surface area (Å²) < 4.78 is 1.41. The molecular weight excluding hydrogens is 206 g/mol. The lowest BCUT2D eigenvalue weighted by atomic mass is 10.5. The summed E-state index contributed by atoms with van der Waals surface area (Å²) in [7, 11) is 2.08. The molecule has 7 nitrogen and oxygen atoms in total. The molecule has 7 heteroatoms. The average Bonchev–Trinajstić information content (AvgIpc) is 2.76. The quantitative estimate of drug-likeness (QED) is 0.759. The van der Waals surface area contributed by atoms with Crippen molar-refractivity contribution < 1.29 is 0 Å². The van der Waals surface area contributed by atoms with Crippen LogP contribution in [-0.4, -0.2) is 56.8 Å². The van der Waals surface area contributed by atoms with Gasteiger partial charge in [0, 0.05) is 13.1 Å². The molecular formula is C9H15N7. The number of likely N-dealkylation sites (N-methyl/N-ethyl adjacent to an activating group) is 1. The summed E-state index contributed by atoms with van der Waals surface area (Å²) in [6.45, 7) is 5.00. The van der Waals surface area contributed by atoms with Crippen LogP contribution in [-0.2, 0) is 0 Å². The second-order valence-electron chi connectivity index (χ2n) is 3.57. The Bertz CT molecular complexity index is 452. The molecule has 2 aromatic heterocycles. The minimum atomic E-state index is 0.649. The summed E-state index contributed by atoms with van der Waals surface area (Å²) in [4.78, 5) is 2.22. The molecule has 1 N–H and O–H groups in total. The summed E-state index contributed by atoms with van der Waals surface area (Å²) in [5.74, 6) is 0.782. The van der Waals surface area contributed by atoms with Crippen LogP contribution in [0.15, 0.2) is 12.1 Å². The van der Waals surface area contributed by atoms with Crippen LogP contribution < -0.4 is 5.32 Å². The number of anilines is 1. The second kappa shape index (κ2) is 4.84. The molecule has 16 heavy (non-hydrogen) atoms. The fourth-order valence-electron chi connectivity index (χ4n) is 1.28. The molecule has 0 amide bonds. The van der Waals surface area contributed by atoms with Crippen molar-refractivity contribution in [3.05, 3.63) is 12.1 Å². The number of fused-ring (bicyclic) bond motifs is 1. The molecule has 0 unspecified atom stereocenters. The topological polar surface area (TPSA) is 71.2 Å². The van der Waals surface area contributed by atoms with Crippen LogP contribution in [0.2, 0.25) is 0 Å². The standard InChI is InChI=1S/C9H15N7/c1-3-15(2)7-6-10-8-4-5-9-11-13-14-16(9)12-8/h4-5H,3,6-7H2,1-2H3,(H,10,12). The van der Waals surface area contributed by atoms with Gasteiger partial charge in [-0.1, -0.05) is 6.92 Å². The van der Waals surface area contributed by atoms with Crippen LogP contribution >= 0.6 is 0 Å². The van der Waals surface area contributed by atoms with Gasteiger partial charge in [-0.25, -0.2) is 0 Å². The van der Waals surface area contributed by atoms with Crippen molar-refractivity contribution in [3.63, 3.8) is 0 Å². The Balaban J connectivity index is 1.93. The first-order chi connectivity index (χ1) is 7.79. The summed E-state index contributed by atoms with van der Waals surface area (Å²) in [5, 5.41) is 18.5. The van der Waals surface area contributed by atoms with Crippen LogP contribution in [0.3, 0.4) is 0 Å². The van der Waals surface area contributed by atoms with Gasteiger partial charge in [-0.3, -0.25) is 0 Å². The highest BCUT2D eigenvalue weighted by atomic mass is 15.6. The SMILES string of the molecule is CCN(C)CCNc1ccc2nnnn2n1. The maximum absolute atomic E-state index is 4.21. The fraction of sp³-hybridized carbons (Fsp3) is 0.556. The molecule has 2 rings (SSSR count). The predicted octanol–water partition coefficient (Wildman–Crippen LogP) is -0.117. The van der Waals surface area contributed by atoms with Crippen molar-refractivity contribution in [1.29, 1.82) is 0 Å². The monoisotopic (exact) mass is 221 g/mol. The lowest BCUT2D eigenvalue weighted by Crippen LogP contribution is -2.25. The Kier molecular flexibility index (Phi) is 3.25. The molecule has 0 aromatic carbocycles. The number of tetrazole rings is 1. The van der Waals surface area contributed by atoms with Crippen LogP contribution in [0.5, 0.6) is 0 Å².